The summed E-state index contributed by atoms with van der Waals surface area (Å²) in [4.78, 5) is 2.36. The highest BCUT2D eigenvalue weighted by molar-refractivity contribution is 5.24. The first kappa shape index (κ1) is 16.5. The van der Waals surface area contributed by atoms with E-state index in [1.165, 1.54) is 37.7 Å². The summed E-state index contributed by atoms with van der Waals surface area (Å²) in [7, 11) is 2.16. The van der Waals surface area contributed by atoms with Gasteiger partial charge in [-0.15, -0.1) is 0 Å². The number of aliphatic hydroxyl groups excluding tert-OH is 1. The molecule has 1 aromatic rings. The zero-order valence-corrected chi connectivity index (χ0v) is 13.9. The molecule has 0 bridgehead atoms. The molecule has 0 saturated heterocycles. The fraction of sp³-hybridized carbons (Fsp3) is 0.684. The Kier molecular flexibility index (Phi) is 6.25. The van der Waals surface area contributed by atoms with Crippen LogP contribution in [-0.4, -0.2) is 29.6 Å². The summed E-state index contributed by atoms with van der Waals surface area (Å²) >= 11 is 0. The van der Waals surface area contributed by atoms with Crippen LogP contribution in [0.25, 0.3) is 0 Å². The average Bonchev–Trinajstić information content (AvgIpc) is 2.49. The zero-order chi connectivity index (χ0) is 15.2. The van der Waals surface area contributed by atoms with E-state index in [0.29, 0.717) is 6.04 Å². The molecule has 1 N–H and O–H groups in total. The molecular weight excluding hydrogens is 258 g/mol. The largest absolute Gasteiger partial charge is 0.387 e. The van der Waals surface area contributed by atoms with E-state index in [-0.39, 0.29) is 6.10 Å². The summed E-state index contributed by atoms with van der Waals surface area (Å²) in [5, 5.41) is 10.5. The number of benzene rings is 1. The van der Waals surface area contributed by atoms with Crippen molar-refractivity contribution in [3.63, 3.8) is 0 Å². The van der Waals surface area contributed by atoms with Crippen molar-refractivity contribution in [3.05, 3.63) is 35.4 Å². The van der Waals surface area contributed by atoms with Crippen molar-refractivity contribution in [1.29, 1.82) is 0 Å². The van der Waals surface area contributed by atoms with E-state index in [2.05, 4.69) is 50.1 Å². The Morgan fingerprint density at radius 2 is 1.76 bits per heavy atom. The molecule has 1 aliphatic carbocycles. The number of hydrogen-bond donors (Lipinski definition) is 1. The lowest BCUT2D eigenvalue weighted by molar-refractivity contribution is 0.0857. The van der Waals surface area contributed by atoms with E-state index in [1.54, 1.807) is 0 Å². The lowest BCUT2D eigenvalue weighted by atomic mass is 9.86. The molecule has 1 aromatic carbocycles. The molecule has 1 aliphatic rings. The summed E-state index contributed by atoms with van der Waals surface area (Å²) in [6.45, 7) is 5.29. The Balaban J connectivity index is 1.86. The van der Waals surface area contributed by atoms with Crippen LogP contribution in [0.5, 0.6) is 0 Å². The fourth-order valence-electron chi connectivity index (χ4n) is 3.41. The predicted octanol–water partition coefficient (Wildman–Crippen LogP) is 4.18. The van der Waals surface area contributed by atoms with Crippen LogP contribution < -0.4 is 0 Å². The van der Waals surface area contributed by atoms with E-state index in [4.69, 9.17) is 0 Å². The number of aryl methyl sites for hydroxylation is 1. The van der Waals surface area contributed by atoms with Gasteiger partial charge in [0.2, 0.25) is 0 Å². The molecule has 0 aliphatic heterocycles. The molecule has 0 heterocycles. The van der Waals surface area contributed by atoms with E-state index in [0.717, 1.165) is 24.4 Å². The van der Waals surface area contributed by atoms with Crippen molar-refractivity contribution in [3.8, 4) is 0 Å². The first-order valence-corrected chi connectivity index (χ1v) is 8.57. The van der Waals surface area contributed by atoms with Gasteiger partial charge in [-0.3, -0.25) is 0 Å². The van der Waals surface area contributed by atoms with Crippen LogP contribution in [-0.2, 0) is 6.42 Å². The van der Waals surface area contributed by atoms with Gasteiger partial charge in [0, 0.05) is 12.6 Å². The van der Waals surface area contributed by atoms with Crippen molar-refractivity contribution in [2.45, 2.75) is 64.5 Å². The fourth-order valence-corrected chi connectivity index (χ4v) is 3.41. The Morgan fingerprint density at radius 3 is 2.33 bits per heavy atom. The molecule has 0 spiro atoms. The molecule has 118 valence electrons. The maximum absolute atomic E-state index is 10.5. The van der Waals surface area contributed by atoms with Gasteiger partial charge in [0.05, 0.1) is 6.10 Å². The van der Waals surface area contributed by atoms with E-state index in [1.807, 2.05) is 0 Å². The summed E-state index contributed by atoms with van der Waals surface area (Å²) in [5.41, 5.74) is 2.41. The van der Waals surface area contributed by atoms with Gasteiger partial charge in [0.15, 0.2) is 0 Å². The van der Waals surface area contributed by atoms with Gasteiger partial charge in [0.1, 0.15) is 0 Å². The second-order valence-electron chi connectivity index (χ2n) is 6.86. The minimum Gasteiger partial charge on any atom is -0.387 e. The second-order valence-corrected chi connectivity index (χ2v) is 6.86. The molecule has 1 saturated carbocycles. The third-order valence-corrected chi connectivity index (χ3v) is 4.97. The lowest BCUT2D eigenvalue weighted by Gasteiger charge is -2.34. The topological polar surface area (TPSA) is 23.5 Å². The molecule has 1 unspecified atom stereocenters. The molecule has 1 atom stereocenters. The first-order valence-electron chi connectivity index (χ1n) is 8.57. The average molecular weight is 289 g/mol. The minimum absolute atomic E-state index is 0.370. The van der Waals surface area contributed by atoms with E-state index < -0.39 is 0 Å². The van der Waals surface area contributed by atoms with Crippen molar-refractivity contribution in [2.75, 3.05) is 13.6 Å². The highest BCUT2D eigenvalue weighted by Crippen LogP contribution is 2.27. The van der Waals surface area contributed by atoms with Gasteiger partial charge in [-0.1, -0.05) is 44.5 Å². The third kappa shape index (κ3) is 4.82. The van der Waals surface area contributed by atoms with Crippen molar-refractivity contribution < 1.29 is 5.11 Å². The number of nitrogens with zero attached hydrogens (tertiary/aromatic N) is 1. The van der Waals surface area contributed by atoms with Gasteiger partial charge in [-0.25, -0.2) is 0 Å². The molecule has 0 aromatic heterocycles. The van der Waals surface area contributed by atoms with Crippen LogP contribution in [0.3, 0.4) is 0 Å². The van der Waals surface area contributed by atoms with Gasteiger partial charge < -0.3 is 10.0 Å². The second kappa shape index (κ2) is 7.95. The molecule has 1 fully saturated rings. The number of aliphatic hydroxyl groups is 1. The molecule has 2 heteroatoms. The summed E-state index contributed by atoms with van der Waals surface area (Å²) < 4.78 is 0. The summed E-state index contributed by atoms with van der Waals surface area (Å²) in [6, 6.07) is 9.14. The standard InChI is InChI=1S/C19H31NO/c1-4-5-16-8-10-17(11-9-16)19(21)14-20(3)18-12-6-15(2)7-13-18/h8-11,15,18-19,21H,4-7,12-14H2,1-3H3. The molecule has 0 radical (unpaired) electrons. The molecule has 2 rings (SSSR count). The number of likely N-dealkylation sites (N-methyl/N-ethyl adjacent to an activating group) is 1. The van der Waals surface area contributed by atoms with E-state index in [9.17, 15) is 5.11 Å². The van der Waals surface area contributed by atoms with E-state index >= 15 is 0 Å². The first-order chi connectivity index (χ1) is 10.1. The minimum atomic E-state index is -0.370. The Labute approximate surface area is 130 Å². The zero-order valence-electron chi connectivity index (χ0n) is 13.9. The van der Waals surface area contributed by atoms with Crippen LogP contribution in [0.1, 0.15) is 63.2 Å². The van der Waals surface area contributed by atoms with Gasteiger partial charge in [-0.05, 0) is 56.2 Å². The quantitative estimate of drug-likeness (QED) is 0.849. The Hall–Kier alpha value is -0.860. The van der Waals surface area contributed by atoms with Gasteiger partial charge in [0.25, 0.3) is 0 Å². The van der Waals surface area contributed by atoms with Crippen LogP contribution in [0.15, 0.2) is 24.3 Å². The maximum atomic E-state index is 10.5. The monoisotopic (exact) mass is 289 g/mol. The van der Waals surface area contributed by atoms with Gasteiger partial charge >= 0.3 is 0 Å². The SMILES string of the molecule is CCCc1ccc(C(O)CN(C)C2CCC(C)CC2)cc1. The van der Waals surface area contributed by atoms with Crippen molar-refractivity contribution in [2.24, 2.45) is 5.92 Å². The Bertz CT molecular complexity index is 406. The third-order valence-electron chi connectivity index (χ3n) is 4.97. The molecular formula is C19H31NO. The van der Waals surface area contributed by atoms with Crippen LogP contribution in [0.4, 0.5) is 0 Å². The molecule has 0 amide bonds. The number of rotatable bonds is 6. The smallest absolute Gasteiger partial charge is 0.0916 e. The normalized spacial score (nSPS) is 24.2. The van der Waals surface area contributed by atoms with Crippen molar-refractivity contribution in [1.82, 2.24) is 4.90 Å². The van der Waals surface area contributed by atoms with Crippen molar-refractivity contribution >= 4 is 0 Å². The van der Waals surface area contributed by atoms with Crippen LogP contribution >= 0.6 is 0 Å². The Morgan fingerprint density at radius 1 is 1.14 bits per heavy atom. The number of hydrogen-bond acceptors (Lipinski definition) is 2. The summed E-state index contributed by atoms with van der Waals surface area (Å²) in [6.07, 6.45) is 7.14. The highest BCUT2D eigenvalue weighted by atomic mass is 16.3. The molecule has 2 nitrogen and oxygen atoms in total. The van der Waals surface area contributed by atoms with Crippen LogP contribution in [0, 0.1) is 5.92 Å². The maximum Gasteiger partial charge on any atom is 0.0916 e. The van der Waals surface area contributed by atoms with Crippen LogP contribution in [0.2, 0.25) is 0 Å². The highest BCUT2D eigenvalue weighted by Gasteiger charge is 2.23. The lowest BCUT2D eigenvalue weighted by Crippen LogP contribution is -2.37. The summed E-state index contributed by atoms with van der Waals surface area (Å²) in [5.74, 6) is 0.880. The van der Waals surface area contributed by atoms with Gasteiger partial charge in [-0.2, -0.15) is 0 Å². The predicted molar refractivity (Wildman–Crippen MR) is 89.4 cm³/mol. The molecule has 21 heavy (non-hydrogen) atoms.